The number of hydrogen-bond donors (Lipinski definition) is 2. The van der Waals surface area contributed by atoms with Crippen molar-refractivity contribution in [1.29, 1.82) is 0 Å². The van der Waals surface area contributed by atoms with E-state index in [1.807, 2.05) is 13.8 Å². The highest BCUT2D eigenvalue weighted by Crippen LogP contribution is 2.12. The molecular weight excluding hydrogens is 224 g/mol. The van der Waals surface area contributed by atoms with Crippen LogP contribution >= 0.6 is 0 Å². The zero-order chi connectivity index (χ0) is 13.6. The maximum Gasteiger partial charge on any atom is 0.306 e. The lowest BCUT2D eigenvalue weighted by atomic mass is 10.0. The molecule has 17 heavy (non-hydrogen) atoms. The van der Waals surface area contributed by atoms with E-state index in [2.05, 4.69) is 5.16 Å². The number of carbonyl (C=O) groups excluding carboxylic acids is 2. The molecular formula is C11H20N2O4. The van der Waals surface area contributed by atoms with Gasteiger partial charge < -0.3 is 15.7 Å². The zero-order valence-electron chi connectivity index (χ0n) is 10.6. The fraction of sp³-hybridized carbons (Fsp3) is 0.727. The molecule has 0 aliphatic carbocycles. The fourth-order valence-electron chi connectivity index (χ4n) is 1.28. The van der Waals surface area contributed by atoms with Gasteiger partial charge in [0.05, 0.1) is 0 Å². The number of amides is 1. The number of ether oxygens (including phenoxy) is 1. The topological polar surface area (TPSA) is 102 Å². The highest BCUT2D eigenvalue weighted by molar-refractivity contribution is 6.40. The monoisotopic (exact) mass is 244 g/mol. The number of rotatable bonds is 6. The van der Waals surface area contributed by atoms with Crippen LogP contribution in [0.15, 0.2) is 5.16 Å². The second-order valence-electron chi connectivity index (χ2n) is 4.60. The van der Waals surface area contributed by atoms with Gasteiger partial charge in [-0.05, 0) is 11.8 Å². The Labute approximate surface area is 101 Å². The minimum Gasteiger partial charge on any atom is -0.455 e. The summed E-state index contributed by atoms with van der Waals surface area (Å²) in [6.07, 6.45) is -0.676. The van der Waals surface area contributed by atoms with Crippen molar-refractivity contribution in [2.45, 2.75) is 40.2 Å². The van der Waals surface area contributed by atoms with E-state index in [1.165, 1.54) is 0 Å². The quantitative estimate of drug-likeness (QED) is 0.314. The molecule has 3 N–H and O–H groups in total. The molecule has 0 bridgehead atoms. The zero-order valence-corrected chi connectivity index (χ0v) is 10.6. The summed E-state index contributed by atoms with van der Waals surface area (Å²) in [4.78, 5) is 22.5. The number of nitrogens with zero attached hydrogens (tertiary/aromatic N) is 1. The van der Waals surface area contributed by atoms with Gasteiger partial charge in [0.2, 0.25) is 0 Å². The summed E-state index contributed by atoms with van der Waals surface area (Å²) in [6, 6.07) is 0. The molecule has 6 nitrogen and oxygen atoms in total. The molecule has 98 valence electrons. The smallest absolute Gasteiger partial charge is 0.306 e. The van der Waals surface area contributed by atoms with E-state index in [-0.39, 0.29) is 24.0 Å². The second-order valence-corrected chi connectivity index (χ2v) is 4.60. The molecule has 0 aliphatic rings. The molecule has 0 aromatic rings. The molecule has 0 saturated carbocycles. The first-order chi connectivity index (χ1) is 7.79. The molecule has 0 aliphatic heterocycles. The van der Waals surface area contributed by atoms with E-state index >= 15 is 0 Å². The first-order valence-corrected chi connectivity index (χ1v) is 5.50. The van der Waals surface area contributed by atoms with Crippen molar-refractivity contribution in [3.63, 3.8) is 0 Å². The van der Waals surface area contributed by atoms with E-state index in [9.17, 15) is 9.59 Å². The summed E-state index contributed by atoms with van der Waals surface area (Å²) in [5.41, 5.74) is 4.71. The van der Waals surface area contributed by atoms with Crippen LogP contribution < -0.4 is 5.73 Å². The molecule has 0 aromatic heterocycles. The highest BCUT2D eigenvalue weighted by atomic mass is 16.5. The van der Waals surface area contributed by atoms with Crippen LogP contribution in [0.2, 0.25) is 0 Å². The van der Waals surface area contributed by atoms with Crippen molar-refractivity contribution in [2.24, 2.45) is 22.7 Å². The lowest BCUT2D eigenvalue weighted by Gasteiger charge is -2.21. The average Bonchev–Trinajstić information content (AvgIpc) is 2.15. The maximum atomic E-state index is 11.5. The predicted molar refractivity (Wildman–Crippen MR) is 62.6 cm³/mol. The third-order valence-corrected chi connectivity index (χ3v) is 2.07. The second kappa shape index (κ2) is 6.88. The molecule has 1 atom stereocenters. The van der Waals surface area contributed by atoms with Crippen molar-refractivity contribution in [3.05, 3.63) is 0 Å². The first kappa shape index (κ1) is 15.4. The van der Waals surface area contributed by atoms with Crippen LogP contribution in [0.4, 0.5) is 0 Å². The third-order valence-electron chi connectivity index (χ3n) is 2.07. The molecule has 0 aromatic carbocycles. The molecule has 0 spiro atoms. The Morgan fingerprint density at radius 1 is 1.29 bits per heavy atom. The highest BCUT2D eigenvalue weighted by Gasteiger charge is 2.28. The minimum absolute atomic E-state index is 0.151. The lowest BCUT2D eigenvalue weighted by Crippen LogP contribution is -2.40. The predicted octanol–water partition coefficient (Wildman–Crippen LogP) is 0.916. The van der Waals surface area contributed by atoms with Gasteiger partial charge in [-0.25, -0.2) is 0 Å². The van der Waals surface area contributed by atoms with Crippen LogP contribution in [0.25, 0.3) is 0 Å². The number of esters is 1. The average molecular weight is 244 g/mol. The summed E-state index contributed by atoms with van der Waals surface area (Å²) in [5, 5.41) is 11.5. The van der Waals surface area contributed by atoms with E-state index in [1.54, 1.807) is 13.8 Å². The van der Waals surface area contributed by atoms with E-state index in [4.69, 9.17) is 15.7 Å². The van der Waals surface area contributed by atoms with Gasteiger partial charge in [0.25, 0.3) is 5.91 Å². The van der Waals surface area contributed by atoms with Crippen LogP contribution in [0.5, 0.6) is 0 Å². The third kappa shape index (κ3) is 5.33. The molecule has 0 fully saturated rings. The van der Waals surface area contributed by atoms with Gasteiger partial charge >= 0.3 is 5.97 Å². The number of hydrogen-bond acceptors (Lipinski definition) is 5. The van der Waals surface area contributed by atoms with Gasteiger partial charge in [0.1, 0.15) is 0 Å². The normalized spacial score (nSPS) is 13.9. The van der Waals surface area contributed by atoms with Gasteiger partial charge in [0.15, 0.2) is 11.8 Å². The summed E-state index contributed by atoms with van der Waals surface area (Å²) in [7, 11) is 0. The molecule has 0 unspecified atom stereocenters. The Kier molecular flexibility index (Phi) is 6.23. The van der Waals surface area contributed by atoms with Crippen LogP contribution in [0, 0.1) is 11.8 Å². The van der Waals surface area contributed by atoms with Gasteiger partial charge in [-0.15, -0.1) is 0 Å². The molecule has 1 amide bonds. The minimum atomic E-state index is -0.913. The Morgan fingerprint density at radius 3 is 2.12 bits per heavy atom. The van der Waals surface area contributed by atoms with Gasteiger partial charge in [-0.1, -0.05) is 32.9 Å². The van der Waals surface area contributed by atoms with Crippen molar-refractivity contribution in [2.75, 3.05) is 0 Å². The summed E-state index contributed by atoms with van der Waals surface area (Å²) in [5.74, 6) is -1.40. The van der Waals surface area contributed by atoms with E-state index in [0.29, 0.717) is 0 Å². The van der Waals surface area contributed by atoms with Crippen LogP contribution in [-0.2, 0) is 14.3 Å². The summed E-state index contributed by atoms with van der Waals surface area (Å²) < 4.78 is 5.11. The SMILES string of the molecule is CC(C)CC(=O)O[C@H](/C(=N/O)C(N)=O)C(C)C. The Balaban J connectivity index is 4.77. The van der Waals surface area contributed by atoms with Gasteiger partial charge in [-0.2, -0.15) is 0 Å². The van der Waals surface area contributed by atoms with Crippen molar-refractivity contribution >= 4 is 17.6 Å². The first-order valence-electron chi connectivity index (χ1n) is 5.50. The number of oxime groups is 1. The number of primary amides is 1. The summed E-state index contributed by atoms with van der Waals surface area (Å²) in [6.45, 7) is 7.23. The summed E-state index contributed by atoms with van der Waals surface area (Å²) >= 11 is 0. The molecule has 0 heterocycles. The van der Waals surface area contributed by atoms with Crippen LogP contribution in [0.3, 0.4) is 0 Å². The lowest BCUT2D eigenvalue weighted by molar-refractivity contribution is -0.148. The largest absolute Gasteiger partial charge is 0.455 e. The number of carbonyl (C=O) groups is 2. The standard InChI is InChI=1S/C11H20N2O4/c1-6(2)5-8(14)17-10(7(3)4)9(13-16)11(12)15/h6-7,10,16H,5H2,1-4H3,(H2,12,15)/b13-9-/t10-/m0/s1. The van der Waals surface area contributed by atoms with Crippen molar-refractivity contribution in [1.82, 2.24) is 0 Å². The van der Waals surface area contributed by atoms with Crippen molar-refractivity contribution in [3.8, 4) is 0 Å². The van der Waals surface area contributed by atoms with Crippen LogP contribution in [0.1, 0.15) is 34.1 Å². The Hall–Kier alpha value is -1.59. The molecule has 6 heteroatoms. The Bertz CT molecular complexity index is 311. The Morgan fingerprint density at radius 2 is 1.82 bits per heavy atom. The van der Waals surface area contributed by atoms with Crippen molar-refractivity contribution < 1.29 is 19.5 Å². The van der Waals surface area contributed by atoms with E-state index in [0.717, 1.165) is 0 Å². The molecule has 0 rings (SSSR count). The fourth-order valence-corrected chi connectivity index (χ4v) is 1.28. The van der Waals surface area contributed by atoms with Gasteiger partial charge in [-0.3, -0.25) is 9.59 Å². The molecule has 0 saturated heterocycles. The maximum absolute atomic E-state index is 11.5. The van der Waals surface area contributed by atoms with Crippen LogP contribution in [-0.4, -0.2) is 28.9 Å². The molecule has 0 radical (unpaired) electrons. The van der Waals surface area contributed by atoms with E-state index < -0.39 is 18.0 Å². The number of nitrogens with two attached hydrogens (primary N) is 1. The van der Waals surface area contributed by atoms with Gasteiger partial charge in [0, 0.05) is 6.42 Å².